The molecule has 0 atom stereocenters. The molecule has 2 aromatic rings. The van der Waals surface area contributed by atoms with Crippen molar-refractivity contribution in [1.82, 2.24) is 10.2 Å². The summed E-state index contributed by atoms with van der Waals surface area (Å²) < 4.78 is 0. The van der Waals surface area contributed by atoms with Gasteiger partial charge in [-0.3, -0.25) is 9.59 Å². The molecule has 0 aliphatic heterocycles. The maximum atomic E-state index is 12.1. The summed E-state index contributed by atoms with van der Waals surface area (Å²) in [5.74, 6) is -0.150. The van der Waals surface area contributed by atoms with E-state index in [-0.39, 0.29) is 11.8 Å². The van der Waals surface area contributed by atoms with Gasteiger partial charge in [0, 0.05) is 29.2 Å². The Morgan fingerprint density at radius 1 is 1.08 bits per heavy atom. The number of anilines is 1. The van der Waals surface area contributed by atoms with Crippen LogP contribution in [-0.2, 0) is 11.2 Å². The summed E-state index contributed by atoms with van der Waals surface area (Å²) in [6.07, 6.45) is 0.366. The van der Waals surface area contributed by atoms with Crippen molar-refractivity contribution in [3.63, 3.8) is 0 Å². The van der Waals surface area contributed by atoms with Gasteiger partial charge in [0.2, 0.25) is 5.91 Å². The van der Waals surface area contributed by atoms with Crippen LogP contribution in [0.5, 0.6) is 0 Å². The van der Waals surface area contributed by atoms with Gasteiger partial charge in [0.25, 0.3) is 5.91 Å². The lowest BCUT2D eigenvalue weighted by atomic mass is 10.2. The van der Waals surface area contributed by atoms with E-state index in [1.807, 2.05) is 17.5 Å². The summed E-state index contributed by atoms with van der Waals surface area (Å²) in [5.41, 5.74) is 1.29. The molecule has 0 aliphatic rings. The van der Waals surface area contributed by atoms with E-state index < -0.39 is 0 Å². The molecule has 2 amide bonds. The molecule has 5 nitrogen and oxygen atoms in total. The average Bonchev–Trinajstić information content (AvgIpc) is 3.12. The third-order valence-electron chi connectivity index (χ3n) is 3.95. The fraction of sp³-hybridized carbons (Fsp3) is 0.368. The van der Waals surface area contributed by atoms with Gasteiger partial charge in [0.1, 0.15) is 0 Å². The standard InChI is InChI=1S/C19H25N3O2S/c1-3-22(4-2)12-11-20-19(24)15-7-9-16(10-8-15)21-18(23)14-17-6-5-13-25-17/h5-10,13H,3-4,11-12,14H2,1-2H3,(H,20,24)(H,21,23). The SMILES string of the molecule is CCN(CC)CCNC(=O)c1ccc(NC(=O)Cc2cccs2)cc1. The topological polar surface area (TPSA) is 61.4 Å². The minimum atomic E-state index is -0.0939. The third kappa shape index (κ3) is 6.32. The van der Waals surface area contributed by atoms with E-state index in [0.717, 1.165) is 24.5 Å². The van der Waals surface area contributed by atoms with Crippen LogP contribution in [0.25, 0.3) is 0 Å². The predicted molar refractivity (Wildman–Crippen MR) is 103 cm³/mol. The minimum Gasteiger partial charge on any atom is -0.351 e. The molecule has 0 bridgehead atoms. The van der Waals surface area contributed by atoms with Gasteiger partial charge in [-0.25, -0.2) is 0 Å². The Kier molecular flexibility index (Phi) is 7.63. The Bertz CT molecular complexity index is 664. The van der Waals surface area contributed by atoms with Crippen molar-refractivity contribution in [2.45, 2.75) is 20.3 Å². The van der Waals surface area contributed by atoms with Crippen LogP contribution in [0, 0.1) is 0 Å². The zero-order valence-electron chi connectivity index (χ0n) is 14.7. The summed E-state index contributed by atoms with van der Waals surface area (Å²) in [7, 11) is 0. The maximum absolute atomic E-state index is 12.1. The average molecular weight is 359 g/mol. The highest BCUT2D eigenvalue weighted by atomic mass is 32.1. The van der Waals surface area contributed by atoms with Crippen LogP contribution >= 0.6 is 11.3 Å². The first-order chi connectivity index (χ1) is 12.1. The molecular formula is C19H25N3O2S. The normalized spacial score (nSPS) is 10.7. The maximum Gasteiger partial charge on any atom is 0.251 e. The minimum absolute atomic E-state index is 0.0566. The predicted octanol–water partition coefficient (Wildman–Crippen LogP) is 3.00. The van der Waals surface area contributed by atoms with Crippen LogP contribution < -0.4 is 10.6 Å². The molecule has 134 valence electrons. The fourth-order valence-electron chi connectivity index (χ4n) is 2.45. The molecule has 2 N–H and O–H groups in total. The summed E-state index contributed by atoms with van der Waals surface area (Å²) in [6.45, 7) is 7.64. The van der Waals surface area contributed by atoms with Crippen LogP contribution in [0.4, 0.5) is 5.69 Å². The van der Waals surface area contributed by atoms with Crippen molar-refractivity contribution < 1.29 is 9.59 Å². The molecule has 1 heterocycles. The molecule has 0 saturated carbocycles. The zero-order valence-corrected chi connectivity index (χ0v) is 15.6. The second kappa shape index (κ2) is 9.96. The molecule has 0 aliphatic carbocycles. The number of nitrogens with zero attached hydrogens (tertiary/aromatic N) is 1. The highest BCUT2D eigenvalue weighted by molar-refractivity contribution is 7.10. The van der Waals surface area contributed by atoms with Gasteiger partial charge >= 0.3 is 0 Å². The summed E-state index contributed by atoms with van der Waals surface area (Å²) in [5, 5.41) is 7.73. The Morgan fingerprint density at radius 3 is 2.40 bits per heavy atom. The van der Waals surface area contributed by atoms with Gasteiger partial charge in [-0.2, -0.15) is 0 Å². The summed E-state index contributed by atoms with van der Waals surface area (Å²) in [4.78, 5) is 27.4. The Hall–Kier alpha value is -2.18. The molecule has 0 saturated heterocycles. The fourth-order valence-corrected chi connectivity index (χ4v) is 3.15. The molecule has 0 spiro atoms. The molecule has 0 fully saturated rings. The van der Waals surface area contributed by atoms with Crippen LogP contribution in [0.15, 0.2) is 41.8 Å². The Balaban J connectivity index is 1.80. The first-order valence-electron chi connectivity index (χ1n) is 8.55. The number of benzene rings is 1. The first kappa shape index (κ1) is 19.1. The van der Waals surface area contributed by atoms with Crippen LogP contribution in [0.2, 0.25) is 0 Å². The van der Waals surface area contributed by atoms with Crippen molar-refractivity contribution in [3.05, 3.63) is 52.2 Å². The molecule has 0 unspecified atom stereocenters. The lowest BCUT2D eigenvalue weighted by molar-refractivity contribution is -0.115. The van der Waals surface area contributed by atoms with Crippen LogP contribution in [0.3, 0.4) is 0 Å². The zero-order chi connectivity index (χ0) is 18.1. The number of likely N-dealkylation sites (N-methyl/N-ethyl adjacent to an activating group) is 1. The van der Waals surface area contributed by atoms with E-state index in [0.29, 0.717) is 24.2 Å². The van der Waals surface area contributed by atoms with Gasteiger partial charge in [0.15, 0.2) is 0 Å². The number of carbonyl (C=O) groups is 2. The third-order valence-corrected chi connectivity index (χ3v) is 4.83. The number of carbonyl (C=O) groups excluding carboxylic acids is 2. The lowest BCUT2D eigenvalue weighted by Gasteiger charge is -2.17. The highest BCUT2D eigenvalue weighted by Crippen LogP contribution is 2.13. The Morgan fingerprint density at radius 2 is 1.80 bits per heavy atom. The number of hydrogen-bond acceptors (Lipinski definition) is 4. The van der Waals surface area contributed by atoms with E-state index in [1.54, 1.807) is 35.6 Å². The second-order valence-electron chi connectivity index (χ2n) is 5.66. The highest BCUT2D eigenvalue weighted by Gasteiger charge is 2.08. The van der Waals surface area contributed by atoms with Crippen molar-refractivity contribution in [1.29, 1.82) is 0 Å². The van der Waals surface area contributed by atoms with Crippen molar-refractivity contribution in [3.8, 4) is 0 Å². The second-order valence-corrected chi connectivity index (χ2v) is 6.70. The number of amides is 2. The van der Waals surface area contributed by atoms with Crippen LogP contribution in [0.1, 0.15) is 29.1 Å². The van der Waals surface area contributed by atoms with Gasteiger partial charge in [-0.1, -0.05) is 19.9 Å². The molecule has 6 heteroatoms. The van der Waals surface area contributed by atoms with E-state index in [1.165, 1.54) is 0 Å². The lowest BCUT2D eigenvalue weighted by Crippen LogP contribution is -2.34. The summed E-state index contributed by atoms with van der Waals surface area (Å²) in [6, 6.07) is 10.8. The van der Waals surface area contributed by atoms with Gasteiger partial charge in [0.05, 0.1) is 6.42 Å². The number of thiophene rings is 1. The monoisotopic (exact) mass is 359 g/mol. The van der Waals surface area contributed by atoms with Gasteiger partial charge in [-0.05, 0) is 48.8 Å². The quantitative estimate of drug-likeness (QED) is 0.723. The van der Waals surface area contributed by atoms with Crippen molar-refractivity contribution >= 4 is 28.8 Å². The van der Waals surface area contributed by atoms with E-state index in [4.69, 9.17) is 0 Å². The number of hydrogen-bond donors (Lipinski definition) is 2. The van der Waals surface area contributed by atoms with Crippen molar-refractivity contribution in [2.24, 2.45) is 0 Å². The number of rotatable bonds is 9. The molecule has 2 rings (SSSR count). The Labute approximate surface area is 153 Å². The van der Waals surface area contributed by atoms with E-state index in [9.17, 15) is 9.59 Å². The van der Waals surface area contributed by atoms with E-state index >= 15 is 0 Å². The molecular weight excluding hydrogens is 334 g/mol. The molecule has 25 heavy (non-hydrogen) atoms. The summed E-state index contributed by atoms with van der Waals surface area (Å²) >= 11 is 1.56. The van der Waals surface area contributed by atoms with Crippen molar-refractivity contribution in [2.75, 3.05) is 31.5 Å². The van der Waals surface area contributed by atoms with E-state index in [2.05, 4.69) is 29.4 Å². The van der Waals surface area contributed by atoms with Gasteiger partial charge in [-0.15, -0.1) is 11.3 Å². The van der Waals surface area contributed by atoms with Gasteiger partial charge < -0.3 is 15.5 Å². The molecule has 1 aromatic carbocycles. The largest absolute Gasteiger partial charge is 0.351 e. The molecule has 1 aromatic heterocycles. The molecule has 0 radical (unpaired) electrons. The smallest absolute Gasteiger partial charge is 0.251 e. The first-order valence-corrected chi connectivity index (χ1v) is 9.43. The number of nitrogens with one attached hydrogen (secondary N) is 2. The van der Waals surface area contributed by atoms with Crippen LogP contribution in [-0.4, -0.2) is 42.9 Å².